The molecule has 2 aromatic carbocycles. The molecule has 22 heavy (non-hydrogen) atoms. The molecule has 0 saturated carbocycles. The molecule has 1 aliphatic rings. The number of hydrogen-bond donors (Lipinski definition) is 0. The average Bonchev–Trinajstić information content (AvgIpc) is 2.48. The van der Waals surface area contributed by atoms with E-state index in [-0.39, 0.29) is 24.5 Å². The summed E-state index contributed by atoms with van der Waals surface area (Å²) in [5.74, 6) is -0.173. The first-order chi connectivity index (χ1) is 10.5. The number of ketones is 1. The summed E-state index contributed by atoms with van der Waals surface area (Å²) in [6.45, 7) is 0.169. The average molecular weight is 336 g/mol. The Kier molecular flexibility index (Phi) is 3.93. The summed E-state index contributed by atoms with van der Waals surface area (Å²) in [6, 6.07) is 13.7. The van der Waals surface area contributed by atoms with Crippen LogP contribution in [0.2, 0.25) is 5.02 Å². The summed E-state index contributed by atoms with van der Waals surface area (Å²) in [6.07, 6.45) is 0.168. The zero-order valence-corrected chi connectivity index (χ0v) is 13.3. The van der Waals surface area contributed by atoms with Gasteiger partial charge in [-0.25, -0.2) is 8.42 Å². The highest BCUT2D eigenvalue weighted by Gasteiger charge is 2.31. The van der Waals surface area contributed by atoms with E-state index in [2.05, 4.69) is 0 Å². The van der Waals surface area contributed by atoms with Crippen LogP contribution >= 0.6 is 11.6 Å². The van der Waals surface area contributed by atoms with Gasteiger partial charge < -0.3 is 0 Å². The van der Waals surface area contributed by atoms with E-state index in [0.717, 1.165) is 5.56 Å². The van der Waals surface area contributed by atoms with Gasteiger partial charge in [0.2, 0.25) is 10.0 Å². The minimum Gasteiger partial charge on any atom is -0.294 e. The van der Waals surface area contributed by atoms with Crippen LogP contribution < -0.4 is 4.31 Å². The summed E-state index contributed by atoms with van der Waals surface area (Å²) >= 11 is 5.91. The third-order valence-electron chi connectivity index (χ3n) is 3.60. The third-order valence-corrected chi connectivity index (χ3v) is 5.58. The van der Waals surface area contributed by atoms with Crippen LogP contribution in [0.15, 0.2) is 48.5 Å². The molecule has 0 aliphatic carbocycles. The number of carbonyl (C=O) groups is 1. The van der Waals surface area contributed by atoms with E-state index in [4.69, 9.17) is 11.6 Å². The maximum absolute atomic E-state index is 12.7. The number of nitrogens with zero attached hydrogens (tertiary/aromatic N) is 1. The minimum atomic E-state index is -3.55. The van der Waals surface area contributed by atoms with Crippen molar-refractivity contribution in [3.05, 3.63) is 64.7 Å². The van der Waals surface area contributed by atoms with Crippen molar-refractivity contribution in [1.29, 1.82) is 0 Å². The fourth-order valence-corrected chi connectivity index (χ4v) is 4.33. The van der Waals surface area contributed by atoms with Crippen LogP contribution in [-0.4, -0.2) is 20.7 Å². The number of carbonyl (C=O) groups excluding carboxylic acids is 1. The Balaban J connectivity index is 1.99. The van der Waals surface area contributed by atoms with E-state index < -0.39 is 10.0 Å². The number of benzene rings is 2. The van der Waals surface area contributed by atoms with Crippen LogP contribution in [0.4, 0.5) is 5.69 Å². The summed E-state index contributed by atoms with van der Waals surface area (Å²) in [5, 5.41) is 0.425. The highest BCUT2D eigenvalue weighted by Crippen LogP contribution is 2.32. The SMILES string of the molecule is O=C1CCN(S(=O)(=O)Cc2ccccc2)c2ccc(Cl)cc21. The van der Waals surface area contributed by atoms with Crippen LogP contribution in [0.3, 0.4) is 0 Å². The van der Waals surface area contributed by atoms with Gasteiger partial charge in [0, 0.05) is 23.6 Å². The molecule has 2 aromatic rings. The monoisotopic (exact) mass is 335 g/mol. The van der Waals surface area contributed by atoms with Crippen LogP contribution in [0.1, 0.15) is 22.3 Å². The predicted molar refractivity (Wildman–Crippen MR) is 86.8 cm³/mol. The smallest absolute Gasteiger partial charge is 0.239 e. The zero-order valence-electron chi connectivity index (χ0n) is 11.7. The number of halogens is 1. The first-order valence-electron chi connectivity index (χ1n) is 6.84. The Morgan fingerprint density at radius 3 is 2.55 bits per heavy atom. The number of rotatable bonds is 3. The fraction of sp³-hybridized carbons (Fsp3) is 0.188. The summed E-state index contributed by atoms with van der Waals surface area (Å²) < 4.78 is 26.7. The molecular weight excluding hydrogens is 322 g/mol. The number of fused-ring (bicyclic) bond motifs is 1. The molecule has 0 bridgehead atoms. The van der Waals surface area contributed by atoms with Crippen molar-refractivity contribution in [2.45, 2.75) is 12.2 Å². The van der Waals surface area contributed by atoms with Gasteiger partial charge in [-0.3, -0.25) is 9.10 Å². The summed E-state index contributed by atoms with van der Waals surface area (Å²) in [7, 11) is -3.55. The second kappa shape index (κ2) is 5.74. The van der Waals surface area contributed by atoms with Crippen molar-refractivity contribution in [2.24, 2.45) is 0 Å². The van der Waals surface area contributed by atoms with Crippen molar-refractivity contribution >= 4 is 33.1 Å². The lowest BCUT2D eigenvalue weighted by Crippen LogP contribution is -2.38. The molecule has 114 valence electrons. The number of sulfonamides is 1. The lowest BCUT2D eigenvalue weighted by Gasteiger charge is -2.29. The highest BCUT2D eigenvalue weighted by atomic mass is 35.5. The van der Waals surface area contributed by atoms with Gasteiger partial charge >= 0.3 is 0 Å². The van der Waals surface area contributed by atoms with Gasteiger partial charge in [-0.2, -0.15) is 0 Å². The molecule has 0 radical (unpaired) electrons. The Hall–Kier alpha value is -1.85. The number of anilines is 1. The van der Waals surface area contributed by atoms with E-state index in [1.807, 2.05) is 6.07 Å². The molecule has 4 nitrogen and oxygen atoms in total. The van der Waals surface area contributed by atoms with Crippen molar-refractivity contribution in [2.75, 3.05) is 10.8 Å². The third kappa shape index (κ3) is 2.87. The highest BCUT2D eigenvalue weighted by molar-refractivity contribution is 7.92. The van der Waals surface area contributed by atoms with Crippen molar-refractivity contribution in [1.82, 2.24) is 0 Å². The maximum Gasteiger partial charge on any atom is 0.239 e. The van der Waals surface area contributed by atoms with Crippen molar-refractivity contribution in [3.63, 3.8) is 0 Å². The van der Waals surface area contributed by atoms with Gasteiger partial charge in [0.25, 0.3) is 0 Å². The molecule has 0 amide bonds. The van der Waals surface area contributed by atoms with Crippen LogP contribution in [0.25, 0.3) is 0 Å². The molecule has 0 N–H and O–H groups in total. The van der Waals surface area contributed by atoms with Crippen LogP contribution in [0, 0.1) is 0 Å². The lowest BCUT2D eigenvalue weighted by molar-refractivity contribution is 0.0982. The first-order valence-corrected chi connectivity index (χ1v) is 8.83. The molecule has 0 spiro atoms. The van der Waals surface area contributed by atoms with Gasteiger partial charge in [0.1, 0.15) is 0 Å². The molecule has 0 aromatic heterocycles. The van der Waals surface area contributed by atoms with E-state index in [1.54, 1.807) is 36.4 Å². The number of hydrogen-bond acceptors (Lipinski definition) is 3. The normalized spacial score (nSPS) is 14.8. The summed E-state index contributed by atoms with van der Waals surface area (Å²) in [5.41, 5.74) is 1.50. The molecule has 0 fully saturated rings. The topological polar surface area (TPSA) is 54.5 Å². The van der Waals surface area contributed by atoms with Gasteiger partial charge in [-0.05, 0) is 23.8 Å². The van der Waals surface area contributed by atoms with E-state index in [9.17, 15) is 13.2 Å². The molecule has 6 heteroatoms. The van der Waals surface area contributed by atoms with Crippen LogP contribution in [-0.2, 0) is 15.8 Å². The molecular formula is C16H14ClNO3S. The van der Waals surface area contributed by atoms with E-state index in [1.165, 1.54) is 10.4 Å². The van der Waals surface area contributed by atoms with E-state index >= 15 is 0 Å². The quantitative estimate of drug-likeness (QED) is 0.865. The Bertz CT molecular complexity index is 819. The maximum atomic E-state index is 12.7. The van der Waals surface area contributed by atoms with Gasteiger partial charge in [0.15, 0.2) is 5.78 Å². The predicted octanol–water partition coefficient (Wildman–Crippen LogP) is 3.26. The molecule has 0 saturated heterocycles. The standard InChI is InChI=1S/C16H14ClNO3S/c17-13-6-7-15-14(10-13)16(19)8-9-18(15)22(20,21)11-12-4-2-1-3-5-12/h1-7,10H,8-9,11H2. The minimum absolute atomic E-state index is 0.0799. The Morgan fingerprint density at radius 1 is 1.09 bits per heavy atom. The van der Waals surface area contributed by atoms with Crippen molar-refractivity contribution in [3.8, 4) is 0 Å². The Morgan fingerprint density at radius 2 is 1.82 bits per heavy atom. The fourth-order valence-electron chi connectivity index (χ4n) is 2.56. The second-order valence-corrected chi connectivity index (χ2v) is 7.48. The number of Topliss-reactive ketones (excluding diaryl/α,β-unsaturated/α-hetero) is 1. The van der Waals surface area contributed by atoms with E-state index in [0.29, 0.717) is 16.3 Å². The van der Waals surface area contributed by atoms with Gasteiger partial charge in [0.05, 0.1) is 11.4 Å². The first kappa shape index (κ1) is 15.1. The molecule has 3 rings (SSSR count). The largest absolute Gasteiger partial charge is 0.294 e. The molecule has 1 aliphatic heterocycles. The lowest BCUT2D eigenvalue weighted by atomic mass is 10.0. The molecule has 1 heterocycles. The zero-order chi connectivity index (χ0) is 15.7. The van der Waals surface area contributed by atoms with Gasteiger partial charge in [-0.15, -0.1) is 0 Å². The summed E-state index contributed by atoms with van der Waals surface area (Å²) in [4.78, 5) is 12.0. The Labute approximate surface area is 134 Å². The van der Waals surface area contributed by atoms with Crippen LogP contribution in [0.5, 0.6) is 0 Å². The molecule has 0 unspecified atom stereocenters. The van der Waals surface area contributed by atoms with Crippen molar-refractivity contribution < 1.29 is 13.2 Å². The van der Waals surface area contributed by atoms with Gasteiger partial charge in [-0.1, -0.05) is 41.9 Å². The molecule has 0 atom stereocenters. The second-order valence-electron chi connectivity index (χ2n) is 5.15.